The summed E-state index contributed by atoms with van der Waals surface area (Å²) in [6, 6.07) is 5.38. The second kappa shape index (κ2) is 8.26. The first-order valence-electron chi connectivity index (χ1n) is 5.69. The molecule has 1 heterocycles. The predicted octanol–water partition coefficient (Wildman–Crippen LogP) is -0.0682. The molecule has 0 bridgehead atoms. The van der Waals surface area contributed by atoms with E-state index in [9.17, 15) is 4.79 Å². The molecule has 1 rings (SSSR count). The molecule has 0 saturated carbocycles. The number of anilines is 2. The Balaban J connectivity index is 2.22. The van der Waals surface area contributed by atoms with Crippen LogP contribution in [-0.4, -0.2) is 37.7 Å². The molecular formula is C11H19N5O2. The van der Waals surface area contributed by atoms with Crippen LogP contribution in [0.4, 0.5) is 11.6 Å². The van der Waals surface area contributed by atoms with Crippen molar-refractivity contribution in [3.8, 4) is 0 Å². The van der Waals surface area contributed by atoms with E-state index in [1.165, 1.54) is 0 Å². The molecule has 7 heteroatoms. The summed E-state index contributed by atoms with van der Waals surface area (Å²) >= 11 is 0. The first-order chi connectivity index (χ1) is 8.76. The number of hydrogen-bond donors (Lipinski definition) is 4. The van der Waals surface area contributed by atoms with Gasteiger partial charge < -0.3 is 20.8 Å². The molecule has 1 aromatic heterocycles. The second-order valence-electron chi connectivity index (χ2n) is 3.57. The van der Waals surface area contributed by atoms with Crippen molar-refractivity contribution >= 4 is 17.5 Å². The van der Waals surface area contributed by atoms with E-state index < -0.39 is 0 Å². The third-order valence-electron chi connectivity index (χ3n) is 2.18. The van der Waals surface area contributed by atoms with Gasteiger partial charge in [-0.15, -0.1) is 0 Å². The van der Waals surface area contributed by atoms with E-state index in [4.69, 9.17) is 10.6 Å². The van der Waals surface area contributed by atoms with Crippen LogP contribution >= 0.6 is 0 Å². The number of pyridine rings is 1. The van der Waals surface area contributed by atoms with E-state index in [0.717, 1.165) is 0 Å². The van der Waals surface area contributed by atoms with Crippen LogP contribution < -0.4 is 21.9 Å². The van der Waals surface area contributed by atoms with Crippen molar-refractivity contribution in [1.29, 1.82) is 0 Å². The zero-order valence-electron chi connectivity index (χ0n) is 10.4. The number of nitrogens with two attached hydrogens (primary N) is 1. The molecular weight excluding hydrogens is 234 g/mol. The minimum atomic E-state index is -0.0207. The van der Waals surface area contributed by atoms with Crippen LogP contribution in [0.1, 0.15) is 6.42 Å². The van der Waals surface area contributed by atoms with E-state index in [2.05, 4.69) is 21.0 Å². The third kappa shape index (κ3) is 5.46. The van der Waals surface area contributed by atoms with Gasteiger partial charge in [0, 0.05) is 26.6 Å². The molecule has 7 nitrogen and oxygen atoms in total. The zero-order valence-corrected chi connectivity index (χ0v) is 10.4. The van der Waals surface area contributed by atoms with Gasteiger partial charge in [-0.3, -0.25) is 4.79 Å². The highest BCUT2D eigenvalue weighted by Crippen LogP contribution is 2.07. The fourth-order valence-electron chi connectivity index (χ4n) is 1.30. The van der Waals surface area contributed by atoms with Crippen molar-refractivity contribution in [2.24, 2.45) is 5.84 Å². The van der Waals surface area contributed by atoms with Gasteiger partial charge in [-0.25, -0.2) is 10.8 Å². The van der Waals surface area contributed by atoms with Crippen LogP contribution in [0.25, 0.3) is 0 Å². The maximum absolute atomic E-state index is 11.4. The lowest BCUT2D eigenvalue weighted by atomic mass is 10.3. The molecule has 100 valence electrons. The monoisotopic (exact) mass is 253 g/mol. The normalized spacial score (nSPS) is 9.89. The highest BCUT2D eigenvalue weighted by Gasteiger charge is 2.01. The molecule has 0 spiro atoms. The van der Waals surface area contributed by atoms with Gasteiger partial charge in [-0.2, -0.15) is 0 Å². The van der Waals surface area contributed by atoms with Gasteiger partial charge in [0.25, 0.3) is 0 Å². The van der Waals surface area contributed by atoms with Gasteiger partial charge in [-0.1, -0.05) is 6.07 Å². The smallest absolute Gasteiger partial charge is 0.221 e. The van der Waals surface area contributed by atoms with Gasteiger partial charge in [0.05, 0.1) is 6.61 Å². The fourth-order valence-corrected chi connectivity index (χ4v) is 1.30. The molecule has 0 saturated heterocycles. The lowest BCUT2D eigenvalue weighted by Crippen LogP contribution is -2.28. The van der Waals surface area contributed by atoms with Crippen LogP contribution in [0.3, 0.4) is 0 Å². The molecule has 0 aliphatic rings. The molecule has 0 aliphatic heterocycles. The summed E-state index contributed by atoms with van der Waals surface area (Å²) in [5, 5.41) is 5.78. The van der Waals surface area contributed by atoms with Crippen LogP contribution in [-0.2, 0) is 9.53 Å². The number of ether oxygens (including phenoxy) is 1. The number of aromatic nitrogens is 1. The van der Waals surface area contributed by atoms with Crippen molar-refractivity contribution in [2.45, 2.75) is 6.42 Å². The van der Waals surface area contributed by atoms with Crippen LogP contribution in [0.2, 0.25) is 0 Å². The molecule has 1 aromatic rings. The molecule has 0 radical (unpaired) electrons. The summed E-state index contributed by atoms with van der Waals surface area (Å²) in [4.78, 5) is 15.5. The maximum Gasteiger partial charge on any atom is 0.221 e. The topological polar surface area (TPSA) is 101 Å². The highest BCUT2D eigenvalue weighted by molar-refractivity contribution is 5.76. The minimum Gasteiger partial charge on any atom is -0.383 e. The summed E-state index contributed by atoms with van der Waals surface area (Å²) in [6.07, 6.45) is 0.381. The summed E-state index contributed by atoms with van der Waals surface area (Å²) in [5.74, 6) is 6.48. The van der Waals surface area contributed by atoms with Crippen LogP contribution in [0, 0.1) is 0 Å². The first kappa shape index (κ1) is 14.2. The predicted molar refractivity (Wildman–Crippen MR) is 70.0 cm³/mol. The molecule has 5 N–H and O–H groups in total. The summed E-state index contributed by atoms with van der Waals surface area (Å²) in [5.41, 5.74) is 2.46. The molecule has 0 unspecified atom stereocenters. The maximum atomic E-state index is 11.4. The van der Waals surface area contributed by atoms with Crippen LogP contribution in [0.15, 0.2) is 18.2 Å². The van der Waals surface area contributed by atoms with E-state index in [-0.39, 0.29) is 5.91 Å². The number of methoxy groups -OCH3 is 1. The van der Waals surface area contributed by atoms with Gasteiger partial charge in [-0.05, 0) is 12.1 Å². The summed E-state index contributed by atoms with van der Waals surface area (Å²) in [6.45, 7) is 1.56. The number of hydrogen-bond acceptors (Lipinski definition) is 6. The molecule has 18 heavy (non-hydrogen) atoms. The number of carbonyl (C=O) groups is 1. The van der Waals surface area contributed by atoms with Crippen molar-refractivity contribution in [3.05, 3.63) is 18.2 Å². The van der Waals surface area contributed by atoms with E-state index >= 15 is 0 Å². The zero-order chi connectivity index (χ0) is 13.2. The summed E-state index contributed by atoms with van der Waals surface area (Å²) < 4.78 is 4.83. The Morgan fingerprint density at radius 2 is 2.17 bits per heavy atom. The number of nitrogens with one attached hydrogen (secondary N) is 3. The molecule has 0 fully saturated rings. The van der Waals surface area contributed by atoms with Crippen molar-refractivity contribution in [2.75, 3.05) is 37.5 Å². The lowest BCUT2D eigenvalue weighted by molar-refractivity contribution is -0.121. The molecule has 0 atom stereocenters. The number of amides is 1. The first-order valence-corrected chi connectivity index (χ1v) is 5.69. The van der Waals surface area contributed by atoms with Gasteiger partial charge in [0.1, 0.15) is 11.6 Å². The fraction of sp³-hybridized carbons (Fsp3) is 0.455. The molecule has 0 aromatic carbocycles. The van der Waals surface area contributed by atoms with E-state index in [0.29, 0.717) is 37.8 Å². The standard InChI is InChI=1S/C11H19N5O2/c1-18-8-7-14-11(17)5-6-13-9-3-2-4-10(15-9)16-12/h2-4H,5-8,12H2,1H3,(H,14,17)(H2,13,15,16). The Bertz CT molecular complexity index is 372. The average Bonchev–Trinajstić information content (AvgIpc) is 2.39. The highest BCUT2D eigenvalue weighted by atomic mass is 16.5. The van der Waals surface area contributed by atoms with Gasteiger partial charge >= 0.3 is 0 Å². The van der Waals surface area contributed by atoms with Crippen LogP contribution in [0.5, 0.6) is 0 Å². The van der Waals surface area contributed by atoms with Crippen molar-refractivity contribution < 1.29 is 9.53 Å². The number of rotatable bonds is 8. The number of nitrogens with zero attached hydrogens (tertiary/aromatic N) is 1. The van der Waals surface area contributed by atoms with Crippen molar-refractivity contribution in [3.63, 3.8) is 0 Å². The number of nitrogen functional groups attached to an aromatic ring is 1. The Labute approximate surface area is 106 Å². The quantitative estimate of drug-likeness (QED) is 0.294. The van der Waals surface area contributed by atoms with Crippen molar-refractivity contribution in [1.82, 2.24) is 10.3 Å². The Morgan fingerprint density at radius 1 is 1.39 bits per heavy atom. The Kier molecular flexibility index (Phi) is 6.52. The molecule has 0 aliphatic carbocycles. The number of carbonyl (C=O) groups excluding carboxylic acids is 1. The minimum absolute atomic E-state index is 0.0207. The third-order valence-corrected chi connectivity index (χ3v) is 2.18. The number of hydrazine groups is 1. The Morgan fingerprint density at radius 3 is 2.89 bits per heavy atom. The second-order valence-corrected chi connectivity index (χ2v) is 3.57. The van der Waals surface area contributed by atoms with E-state index in [1.807, 2.05) is 12.1 Å². The largest absolute Gasteiger partial charge is 0.383 e. The van der Waals surface area contributed by atoms with E-state index in [1.54, 1.807) is 13.2 Å². The van der Waals surface area contributed by atoms with Gasteiger partial charge in [0.2, 0.25) is 5.91 Å². The Hall–Kier alpha value is -1.86. The molecule has 1 amide bonds. The van der Waals surface area contributed by atoms with Gasteiger partial charge in [0.15, 0.2) is 0 Å². The summed E-state index contributed by atoms with van der Waals surface area (Å²) in [7, 11) is 1.60. The SMILES string of the molecule is COCCNC(=O)CCNc1cccc(NN)n1. The lowest BCUT2D eigenvalue weighted by Gasteiger charge is -2.07. The average molecular weight is 253 g/mol.